The Hall–Kier alpha value is -4.35. The van der Waals surface area contributed by atoms with Crippen molar-refractivity contribution in [2.75, 3.05) is 4.72 Å². The molecule has 2 unspecified atom stereocenters. The predicted molar refractivity (Wildman–Crippen MR) is 119 cm³/mol. The smallest absolute Gasteiger partial charge is 0.475 e. The number of rotatable bonds is 8. The third-order valence-corrected chi connectivity index (χ3v) is 5.34. The highest BCUT2D eigenvalue weighted by molar-refractivity contribution is 7.92. The zero-order valence-electron chi connectivity index (χ0n) is 18.6. The molecule has 2 rings (SSSR count). The van der Waals surface area contributed by atoms with Crippen LogP contribution in [0.25, 0.3) is 0 Å². The van der Waals surface area contributed by atoms with Crippen molar-refractivity contribution in [1.82, 2.24) is 9.55 Å². The summed E-state index contributed by atoms with van der Waals surface area (Å²) in [5.74, 6) is -4.05. The Morgan fingerprint density at radius 3 is 2.22 bits per heavy atom. The monoisotopic (exact) mass is 537 g/mol. The number of carboxylic acids is 1. The van der Waals surface area contributed by atoms with Crippen LogP contribution in [0.1, 0.15) is 18.7 Å². The Labute approximate surface area is 201 Å². The summed E-state index contributed by atoms with van der Waals surface area (Å²) >= 11 is 0. The number of sulfonamides is 1. The van der Waals surface area contributed by atoms with Gasteiger partial charge in [-0.25, -0.2) is 9.78 Å². The van der Waals surface area contributed by atoms with Gasteiger partial charge in [0.25, 0.3) is 15.6 Å². The number of oxime groups is 1. The molecule has 2 aromatic rings. The molecule has 2 heterocycles. The zero-order valence-corrected chi connectivity index (χ0v) is 19.4. The Morgan fingerprint density at radius 2 is 1.78 bits per heavy atom. The van der Waals surface area contributed by atoms with Gasteiger partial charge in [0.2, 0.25) is 11.9 Å². The quantitative estimate of drug-likeness (QED) is 0.166. The molecule has 36 heavy (non-hydrogen) atoms. The van der Waals surface area contributed by atoms with Gasteiger partial charge in [-0.2, -0.15) is 21.6 Å². The first-order valence-electron chi connectivity index (χ1n) is 9.49. The molecule has 198 valence electrons. The molecule has 0 saturated carbocycles. The van der Waals surface area contributed by atoms with E-state index in [9.17, 15) is 31.2 Å². The molecule has 0 bridgehead atoms. The summed E-state index contributed by atoms with van der Waals surface area (Å²) in [5, 5.41) is 10.2. The van der Waals surface area contributed by atoms with Crippen LogP contribution in [0.2, 0.25) is 0 Å². The van der Waals surface area contributed by atoms with E-state index < -0.39 is 45.8 Å². The fraction of sp³-hybridized carbons (Fsp3) is 0.278. The number of hydrogen-bond donors (Lipinski definition) is 5. The molecule has 0 aromatic carbocycles. The van der Waals surface area contributed by atoms with Gasteiger partial charge in [0.15, 0.2) is 17.2 Å². The van der Waals surface area contributed by atoms with Gasteiger partial charge in [0, 0.05) is 11.9 Å². The molecule has 0 aliphatic rings. The molecule has 1 amide bonds. The number of anilines is 1. The zero-order chi connectivity index (χ0) is 27.8. The minimum atomic E-state index is -5.08. The van der Waals surface area contributed by atoms with Gasteiger partial charge in [0.05, 0.1) is 0 Å². The van der Waals surface area contributed by atoms with E-state index in [1.807, 2.05) is 0 Å². The van der Waals surface area contributed by atoms with Gasteiger partial charge in [-0.05, 0) is 43.3 Å². The van der Waals surface area contributed by atoms with E-state index in [4.69, 9.17) is 31.9 Å². The van der Waals surface area contributed by atoms with Crippen LogP contribution in [0.4, 0.5) is 18.9 Å². The number of halogens is 3. The van der Waals surface area contributed by atoms with E-state index in [2.05, 4.69) is 14.9 Å². The summed E-state index contributed by atoms with van der Waals surface area (Å²) in [5.41, 5.74) is 15.1. The molecule has 8 N–H and O–H groups in total. The number of aliphatic carboxylic acids is 1. The van der Waals surface area contributed by atoms with Crippen molar-refractivity contribution in [3.8, 4) is 0 Å². The summed E-state index contributed by atoms with van der Waals surface area (Å²) < 4.78 is 59.9. The lowest BCUT2D eigenvalue weighted by Gasteiger charge is -2.24. The van der Waals surface area contributed by atoms with Gasteiger partial charge in [-0.15, -0.1) is 0 Å². The maximum atomic E-state index is 13.0. The summed E-state index contributed by atoms with van der Waals surface area (Å²) in [6, 6.07) is 5.71. The van der Waals surface area contributed by atoms with Crippen molar-refractivity contribution < 1.29 is 41.1 Å². The van der Waals surface area contributed by atoms with Gasteiger partial charge in [0.1, 0.15) is 5.69 Å². The number of aryl methyl sites for hydroxylation is 1. The number of nitrogens with zero attached hydrogens (tertiary/aromatic N) is 3. The number of carbonyl (C=O) groups is 2. The highest BCUT2D eigenvalue weighted by Gasteiger charge is 2.38. The van der Waals surface area contributed by atoms with Crippen LogP contribution in [0, 0.1) is 6.92 Å². The molecule has 2 aromatic heterocycles. The molecule has 14 nitrogen and oxygen atoms in total. The molecule has 0 fully saturated rings. The fourth-order valence-corrected chi connectivity index (χ4v) is 3.55. The fourth-order valence-electron chi connectivity index (χ4n) is 2.54. The Morgan fingerprint density at radius 1 is 1.19 bits per heavy atom. The lowest BCUT2D eigenvalue weighted by atomic mass is 10.1. The number of pyridine rings is 2. The minimum absolute atomic E-state index is 0.276. The van der Waals surface area contributed by atoms with Crippen molar-refractivity contribution in [3.05, 3.63) is 52.6 Å². The van der Waals surface area contributed by atoms with Crippen molar-refractivity contribution in [2.24, 2.45) is 22.4 Å². The summed E-state index contributed by atoms with van der Waals surface area (Å²) in [4.78, 5) is 42.7. The predicted octanol–water partition coefficient (Wildman–Crippen LogP) is -0.394. The highest BCUT2D eigenvalue weighted by atomic mass is 32.2. The van der Waals surface area contributed by atoms with E-state index >= 15 is 0 Å². The summed E-state index contributed by atoms with van der Waals surface area (Å²) in [6.45, 7) is 2.97. The number of alkyl halides is 3. The summed E-state index contributed by atoms with van der Waals surface area (Å²) in [7, 11) is -4.13. The first kappa shape index (κ1) is 29.7. The molecular weight excluding hydrogens is 515 g/mol. The van der Waals surface area contributed by atoms with E-state index in [-0.39, 0.29) is 16.7 Å². The second kappa shape index (κ2) is 11.9. The molecule has 2 atom stereocenters. The molecule has 0 aliphatic carbocycles. The lowest BCUT2D eigenvalue weighted by molar-refractivity contribution is -0.192. The third kappa shape index (κ3) is 8.15. The van der Waals surface area contributed by atoms with Crippen LogP contribution in [0.15, 0.2) is 51.5 Å². The van der Waals surface area contributed by atoms with Gasteiger partial charge in [-0.3, -0.25) is 18.9 Å². The minimum Gasteiger partial charge on any atom is -0.475 e. The van der Waals surface area contributed by atoms with Crippen LogP contribution in [0.5, 0.6) is 0 Å². The largest absolute Gasteiger partial charge is 0.490 e. The number of nitrogens with two attached hydrogens (primary N) is 3. The maximum absolute atomic E-state index is 13.0. The van der Waals surface area contributed by atoms with Crippen LogP contribution in [-0.2, 0) is 24.4 Å². The standard InChI is InChI=1S/C16H21N7O5S.C2HF3O2/c1-9-6-7-11(22-29(26,27)12-5-3-4-8-20-12)15(25)23(9)13(14(17)24)10(2)28-21-16(18)19;3-2(4,5)1(6)7/h3-8,10,13,22H,1-2H3,(H2,17,24)(H4,18,19,21);(H,6,7). The molecule has 18 heteroatoms. The molecule has 0 saturated heterocycles. The lowest BCUT2D eigenvalue weighted by Crippen LogP contribution is -2.42. The highest BCUT2D eigenvalue weighted by Crippen LogP contribution is 2.18. The van der Waals surface area contributed by atoms with Gasteiger partial charge in [-0.1, -0.05) is 6.07 Å². The van der Waals surface area contributed by atoms with Crippen molar-refractivity contribution in [3.63, 3.8) is 0 Å². The van der Waals surface area contributed by atoms with Gasteiger partial charge >= 0.3 is 12.1 Å². The normalized spacial score (nSPS) is 12.8. The van der Waals surface area contributed by atoms with E-state index in [1.54, 1.807) is 13.0 Å². The number of aromatic nitrogens is 2. The average molecular weight is 537 g/mol. The van der Waals surface area contributed by atoms with E-state index in [1.165, 1.54) is 37.4 Å². The van der Waals surface area contributed by atoms with Crippen molar-refractivity contribution in [1.29, 1.82) is 0 Å². The van der Waals surface area contributed by atoms with Crippen LogP contribution in [0.3, 0.4) is 0 Å². The number of primary amides is 1. The number of carboxylic acid groups (broad SMARTS) is 1. The van der Waals surface area contributed by atoms with Crippen molar-refractivity contribution >= 4 is 33.5 Å². The molecular formula is C18H22F3N7O7S. The molecule has 0 spiro atoms. The topological polar surface area (TPSA) is 235 Å². The SMILES string of the molecule is Cc1ccc(NS(=O)(=O)c2ccccn2)c(=O)n1C(C(N)=O)C(C)ON=C(N)N.O=C(O)C(F)(F)F. The first-order chi connectivity index (χ1) is 16.5. The Balaban J connectivity index is 0.000000809. The van der Waals surface area contributed by atoms with Crippen LogP contribution in [-0.4, -0.2) is 53.2 Å². The van der Waals surface area contributed by atoms with Crippen LogP contribution >= 0.6 is 0 Å². The second-order valence-corrected chi connectivity index (χ2v) is 8.44. The maximum Gasteiger partial charge on any atom is 0.490 e. The van der Waals surface area contributed by atoms with E-state index in [0.717, 1.165) is 4.57 Å². The van der Waals surface area contributed by atoms with Gasteiger partial charge < -0.3 is 27.1 Å². The van der Waals surface area contributed by atoms with Crippen molar-refractivity contribution in [2.45, 2.75) is 37.2 Å². The molecule has 0 aliphatic heterocycles. The number of guanidine groups is 1. The summed E-state index contributed by atoms with van der Waals surface area (Å²) in [6.07, 6.45) is -4.82. The number of carbonyl (C=O) groups excluding carboxylic acids is 1. The average Bonchev–Trinajstić information content (AvgIpc) is 2.77. The Bertz CT molecular complexity index is 1280. The Kier molecular flexibility index (Phi) is 9.78. The number of hydrogen-bond acceptors (Lipinski definition) is 8. The van der Waals surface area contributed by atoms with Crippen LogP contribution < -0.4 is 27.5 Å². The first-order valence-corrected chi connectivity index (χ1v) is 11.0. The molecule has 0 radical (unpaired) electrons. The second-order valence-electron chi connectivity index (χ2n) is 6.81. The number of amides is 1. The third-order valence-electron chi connectivity index (χ3n) is 4.06. The number of nitrogens with one attached hydrogen (secondary N) is 1. The van der Waals surface area contributed by atoms with E-state index in [0.29, 0.717) is 5.69 Å².